The molecule has 1 aromatic heterocycles. The molecular formula is C51H66N6O7S. The molecule has 2 aliphatic rings. The van der Waals surface area contributed by atoms with Gasteiger partial charge in [-0.3, -0.25) is 38.6 Å². The summed E-state index contributed by atoms with van der Waals surface area (Å²) in [6.45, 7) is 14.5. The summed E-state index contributed by atoms with van der Waals surface area (Å²) in [7, 11) is 1.93. The van der Waals surface area contributed by atoms with Crippen LogP contribution in [0.5, 0.6) is 0 Å². The van der Waals surface area contributed by atoms with Crippen molar-refractivity contribution in [2.24, 2.45) is 17.8 Å². The summed E-state index contributed by atoms with van der Waals surface area (Å²) in [6, 6.07) is 15.9. The van der Waals surface area contributed by atoms with Crippen LogP contribution in [0.2, 0.25) is 0 Å². The van der Waals surface area contributed by atoms with Crippen molar-refractivity contribution in [3.63, 3.8) is 0 Å². The van der Waals surface area contributed by atoms with E-state index in [1.807, 2.05) is 100 Å². The number of hydrogen-bond acceptors (Lipinski definition) is 10. The van der Waals surface area contributed by atoms with Gasteiger partial charge in [-0.15, -0.1) is 11.3 Å². The number of carbonyl (C=O) groups excluding carboxylic acids is 6. The first-order valence-corrected chi connectivity index (χ1v) is 23.7. The summed E-state index contributed by atoms with van der Waals surface area (Å²) in [5, 5.41) is 11.3. The number of piperidine rings is 1. The van der Waals surface area contributed by atoms with Crippen LogP contribution in [-0.4, -0.2) is 88.0 Å². The highest BCUT2D eigenvalue weighted by Gasteiger charge is 2.38. The number of carbonyl (C=O) groups is 6. The number of hydrogen-bond donors (Lipinski definition) is 3. The topological polar surface area (TPSA) is 167 Å². The van der Waals surface area contributed by atoms with Crippen LogP contribution in [0.25, 0.3) is 0 Å². The number of amides is 5. The van der Waals surface area contributed by atoms with Gasteiger partial charge in [0.1, 0.15) is 23.4 Å². The third kappa shape index (κ3) is 14.4. The lowest BCUT2D eigenvalue weighted by atomic mass is 9.92. The Labute approximate surface area is 388 Å². The van der Waals surface area contributed by atoms with E-state index >= 15 is 0 Å². The van der Waals surface area contributed by atoms with Crippen LogP contribution in [0.15, 0.2) is 102 Å². The molecule has 0 saturated carbocycles. The summed E-state index contributed by atoms with van der Waals surface area (Å²) < 4.78 is 5.63. The van der Waals surface area contributed by atoms with Crippen LogP contribution in [0.3, 0.4) is 0 Å². The third-order valence-corrected chi connectivity index (χ3v) is 13.3. The molecule has 14 heteroatoms. The normalized spacial score (nSPS) is 19.6. The van der Waals surface area contributed by atoms with E-state index in [1.54, 1.807) is 36.6 Å². The van der Waals surface area contributed by atoms with Gasteiger partial charge in [-0.05, 0) is 68.7 Å². The average molecular weight is 907 g/mol. The molecule has 3 N–H and O–H groups in total. The number of allylic oxidation sites excluding steroid dienone is 2. The lowest BCUT2D eigenvalue weighted by molar-refractivity contribution is -0.150. The van der Waals surface area contributed by atoms with Crippen molar-refractivity contribution < 1.29 is 33.5 Å². The molecule has 1 saturated heterocycles. The molecule has 7 atom stereocenters. The van der Waals surface area contributed by atoms with Gasteiger partial charge >= 0.3 is 5.97 Å². The molecule has 5 amide bonds. The quantitative estimate of drug-likeness (QED) is 0.0601. The van der Waals surface area contributed by atoms with Crippen molar-refractivity contribution in [3.05, 3.63) is 124 Å². The van der Waals surface area contributed by atoms with Crippen LogP contribution in [0.4, 0.5) is 0 Å². The molecule has 0 aliphatic carbocycles. The number of rotatable bonds is 20. The predicted octanol–water partition coefficient (Wildman–Crippen LogP) is 7.27. The number of esters is 1. The fourth-order valence-electron chi connectivity index (χ4n) is 8.15. The maximum absolute atomic E-state index is 14.3. The van der Waals surface area contributed by atoms with E-state index in [1.165, 1.54) is 0 Å². The van der Waals surface area contributed by atoms with Crippen LogP contribution in [0.1, 0.15) is 112 Å². The second-order valence-corrected chi connectivity index (χ2v) is 18.6. The second kappa shape index (κ2) is 24.5. The number of likely N-dealkylation sites (tertiary alicyclic amines) is 1. The van der Waals surface area contributed by atoms with Gasteiger partial charge in [0.2, 0.25) is 17.7 Å². The first-order chi connectivity index (χ1) is 31.2. The van der Waals surface area contributed by atoms with E-state index in [0.717, 1.165) is 46.7 Å². The van der Waals surface area contributed by atoms with E-state index < -0.39 is 47.8 Å². The lowest BCUT2D eigenvalue weighted by Crippen LogP contribution is -2.58. The van der Waals surface area contributed by atoms with Gasteiger partial charge in [0.15, 0.2) is 0 Å². The van der Waals surface area contributed by atoms with Crippen LogP contribution < -0.4 is 16.0 Å². The number of nitrogens with zero attached hydrogens (tertiary/aromatic N) is 3. The van der Waals surface area contributed by atoms with Gasteiger partial charge in [-0.2, -0.15) is 0 Å². The second-order valence-electron chi connectivity index (χ2n) is 17.7. The van der Waals surface area contributed by atoms with E-state index in [-0.39, 0.29) is 66.4 Å². The molecule has 3 heterocycles. The molecule has 13 nitrogen and oxygen atoms in total. The monoisotopic (exact) mass is 906 g/mol. The lowest BCUT2D eigenvalue weighted by Gasteiger charge is -2.35. The molecule has 3 aromatic rings. The van der Waals surface area contributed by atoms with Crippen molar-refractivity contribution in [2.75, 3.05) is 13.6 Å². The Kier molecular flexibility index (Phi) is 19.0. The highest BCUT2D eigenvalue weighted by Crippen LogP contribution is 2.33. The van der Waals surface area contributed by atoms with Gasteiger partial charge in [0, 0.05) is 29.5 Å². The summed E-state index contributed by atoms with van der Waals surface area (Å²) in [5.74, 6) is -3.44. The van der Waals surface area contributed by atoms with Gasteiger partial charge in [0.05, 0.1) is 18.0 Å². The van der Waals surface area contributed by atoms with Crippen LogP contribution in [-0.2, 0) is 41.7 Å². The molecule has 65 heavy (non-hydrogen) atoms. The smallest absolute Gasteiger partial charge is 0.309 e. The molecule has 0 bridgehead atoms. The molecule has 0 spiro atoms. The average Bonchev–Trinajstić information content (AvgIpc) is 3.81. The first kappa shape index (κ1) is 50.3. The van der Waals surface area contributed by atoms with E-state index in [2.05, 4.69) is 22.5 Å². The van der Waals surface area contributed by atoms with Crippen molar-refractivity contribution in [1.29, 1.82) is 0 Å². The van der Waals surface area contributed by atoms with Crippen LogP contribution >= 0.6 is 11.3 Å². The number of ether oxygens (including phenoxy) is 1. The number of benzene rings is 2. The summed E-state index contributed by atoms with van der Waals surface area (Å²) in [4.78, 5) is 91.4. The highest BCUT2D eigenvalue weighted by molar-refractivity contribution is 7.10. The Balaban J connectivity index is 1.41. The molecule has 1 fully saturated rings. The van der Waals surface area contributed by atoms with Crippen molar-refractivity contribution in [3.8, 4) is 0 Å². The highest BCUT2D eigenvalue weighted by atomic mass is 32.1. The summed E-state index contributed by atoms with van der Waals surface area (Å²) >= 11 is 1.14. The Bertz CT molecular complexity index is 2170. The minimum atomic E-state index is -1.00. The Morgan fingerprint density at radius 3 is 2.26 bits per heavy atom. The largest absolute Gasteiger partial charge is 0.461 e. The summed E-state index contributed by atoms with van der Waals surface area (Å²) in [5.41, 5.74) is 2.00. The van der Waals surface area contributed by atoms with Crippen molar-refractivity contribution in [2.45, 2.75) is 123 Å². The first-order valence-electron chi connectivity index (χ1n) is 22.9. The number of aromatic nitrogens is 1. The molecule has 0 unspecified atom stereocenters. The number of likely N-dealkylation sites (N-methyl/N-ethyl adjacent to an activating group) is 1. The van der Waals surface area contributed by atoms with Gasteiger partial charge in [0.25, 0.3) is 11.8 Å². The zero-order chi connectivity index (χ0) is 47.0. The van der Waals surface area contributed by atoms with Crippen LogP contribution in [0, 0.1) is 17.8 Å². The SMILES string of the molecule is C=C1/C=C\C=C/CC(=O)N([C@H](C[C@@H](NC(=O)[C@@H](NC(=O)[C@H]2CCCCN2C)[C@@H](C)CC)C(C)C)c2nc(C(=O)N[C@@H](Cc3ccccc3)C[C@H](C)C(=O)OCc3ccccc3)cs2)C1=O. The fourth-order valence-corrected chi connectivity index (χ4v) is 9.05. The summed E-state index contributed by atoms with van der Waals surface area (Å²) in [6.07, 6.45) is 10.6. The van der Waals surface area contributed by atoms with Crippen molar-refractivity contribution >= 4 is 46.8 Å². The van der Waals surface area contributed by atoms with Gasteiger partial charge in [-0.25, -0.2) is 4.98 Å². The maximum atomic E-state index is 14.3. The minimum absolute atomic E-state index is 0.0714. The molecule has 5 rings (SSSR count). The standard InChI is InChI=1S/C51H66N6O7S/c1-8-34(4)45(55-47(60)42-25-18-19-27-56(42)7)48(61)53-40(33(2)3)30-43(57-44(58)26-17-9-12-20-35(5)50(57)62)49-54-41(32-65-49)46(59)52-39(29-37-21-13-10-14-22-37)28-36(6)51(63)64-31-38-23-15-11-16-24-38/h9-17,20-24,32-34,36,39-40,42-43,45H,5,8,18-19,25-31H2,1-4,6-7H3,(H,52,59)(H,53,61)(H,55,60)/b17-9-,20-12-/t34-,36-,39+,40+,42+,43+,45-/m0/s1. The Hall–Kier alpha value is -5.73. The maximum Gasteiger partial charge on any atom is 0.309 e. The van der Waals surface area contributed by atoms with E-state index in [4.69, 9.17) is 9.72 Å². The van der Waals surface area contributed by atoms with Crippen molar-refractivity contribution in [1.82, 2.24) is 30.7 Å². The molecule has 2 aromatic carbocycles. The molecule has 348 valence electrons. The number of nitrogens with one attached hydrogen (secondary N) is 3. The molecule has 2 aliphatic heterocycles. The molecule has 0 radical (unpaired) electrons. The van der Waals surface area contributed by atoms with E-state index in [0.29, 0.717) is 30.7 Å². The van der Waals surface area contributed by atoms with Gasteiger partial charge < -0.3 is 20.7 Å². The zero-order valence-corrected chi connectivity index (χ0v) is 39.5. The minimum Gasteiger partial charge on any atom is -0.461 e. The zero-order valence-electron chi connectivity index (χ0n) is 38.7. The fraction of sp³-hybridized carbons (Fsp3) is 0.471. The predicted molar refractivity (Wildman–Crippen MR) is 253 cm³/mol. The number of imide groups is 1. The Morgan fingerprint density at radius 1 is 0.908 bits per heavy atom. The third-order valence-electron chi connectivity index (χ3n) is 12.4. The van der Waals surface area contributed by atoms with Gasteiger partial charge in [-0.1, -0.05) is 139 Å². The Morgan fingerprint density at radius 2 is 1.60 bits per heavy atom. The molecular weight excluding hydrogens is 841 g/mol. The number of thiazole rings is 1. The van der Waals surface area contributed by atoms with E-state index in [9.17, 15) is 28.8 Å².